The summed E-state index contributed by atoms with van der Waals surface area (Å²) in [6.45, 7) is 9.48. The topological polar surface area (TPSA) is 55.8 Å². The zero-order valence-corrected chi connectivity index (χ0v) is 16.1. The van der Waals surface area contributed by atoms with Crippen LogP contribution in [0.15, 0.2) is 23.7 Å². The summed E-state index contributed by atoms with van der Waals surface area (Å²) in [7, 11) is -0.533. The summed E-state index contributed by atoms with van der Waals surface area (Å²) in [6, 6.07) is 4.96. The first-order chi connectivity index (χ1) is 11.0. The van der Waals surface area contributed by atoms with Gasteiger partial charge in [0, 0.05) is 12.7 Å². The third-order valence-electron chi connectivity index (χ3n) is 4.32. The van der Waals surface area contributed by atoms with Crippen LogP contribution in [0.25, 0.3) is 6.08 Å². The highest BCUT2D eigenvalue weighted by molar-refractivity contribution is 8.13. The van der Waals surface area contributed by atoms with Crippen molar-refractivity contribution in [1.29, 1.82) is 0 Å². The molecule has 7 heteroatoms. The van der Waals surface area contributed by atoms with Gasteiger partial charge in [-0.1, -0.05) is 35.5 Å². The molecule has 1 aliphatic rings. The third-order valence-corrected chi connectivity index (χ3v) is 5.51. The maximum atomic E-state index is 11.4. The van der Waals surface area contributed by atoms with Gasteiger partial charge >= 0.3 is 7.12 Å². The first kappa shape index (κ1) is 19.4. The lowest BCUT2D eigenvalue weighted by Gasteiger charge is -2.32. The molecule has 0 radical (unpaired) electrons. The molecule has 0 bridgehead atoms. The van der Waals surface area contributed by atoms with Crippen LogP contribution < -0.4 is 0 Å². The molecule has 1 N–H and O–H groups in total. The first-order valence-electron chi connectivity index (χ1n) is 7.70. The van der Waals surface area contributed by atoms with E-state index in [4.69, 9.17) is 20.9 Å². The van der Waals surface area contributed by atoms with Gasteiger partial charge in [-0.2, -0.15) is 0 Å². The molecule has 0 spiro atoms. The van der Waals surface area contributed by atoms with Crippen LogP contribution in [0.3, 0.4) is 0 Å². The highest BCUT2D eigenvalue weighted by Crippen LogP contribution is 2.39. The lowest BCUT2D eigenvalue weighted by Crippen LogP contribution is -2.41. The van der Waals surface area contributed by atoms with Crippen LogP contribution in [0, 0.1) is 0 Å². The number of aromatic hydroxyl groups is 1. The van der Waals surface area contributed by atoms with Crippen LogP contribution in [-0.2, 0) is 14.1 Å². The summed E-state index contributed by atoms with van der Waals surface area (Å²) in [4.78, 5) is 11.4. The van der Waals surface area contributed by atoms with Crippen molar-refractivity contribution >= 4 is 41.7 Å². The van der Waals surface area contributed by atoms with Crippen molar-refractivity contribution in [2.75, 3.05) is 5.75 Å². The largest absolute Gasteiger partial charge is 0.506 e. The summed E-state index contributed by atoms with van der Waals surface area (Å²) < 4.78 is 12.2. The number of rotatable bonds is 4. The van der Waals surface area contributed by atoms with Crippen LogP contribution >= 0.6 is 23.4 Å². The Kier molecular flexibility index (Phi) is 5.75. The average Bonchev–Trinajstić information content (AvgIpc) is 2.67. The zero-order chi connectivity index (χ0) is 18.1. The molecule has 1 fully saturated rings. The molecular weight excluding hydrogens is 347 g/mol. The fourth-order valence-electron chi connectivity index (χ4n) is 2.18. The minimum absolute atomic E-state index is 0.0288. The Morgan fingerprint density at radius 3 is 2.38 bits per heavy atom. The van der Waals surface area contributed by atoms with Gasteiger partial charge in [-0.25, -0.2) is 0 Å². The van der Waals surface area contributed by atoms with Gasteiger partial charge in [-0.05, 0) is 50.9 Å². The molecule has 2 rings (SSSR count). The van der Waals surface area contributed by atoms with Gasteiger partial charge in [0.15, 0.2) is 5.12 Å². The van der Waals surface area contributed by atoms with Crippen molar-refractivity contribution in [3.05, 3.63) is 34.3 Å². The number of hydrogen-bond acceptors (Lipinski definition) is 5. The van der Waals surface area contributed by atoms with Gasteiger partial charge in [0.25, 0.3) is 0 Å². The molecule has 4 nitrogen and oxygen atoms in total. The third kappa shape index (κ3) is 4.36. The maximum absolute atomic E-state index is 11.4. The molecule has 0 amide bonds. The fourth-order valence-corrected chi connectivity index (χ4v) is 2.96. The second kappa shape index (κ2) is 7.12. The number of hydrogen-bond donors (Lipinski definition) is 1. The van der Waals surface area contributed by atoms with Crippen molar-refractivity contribution in [2.45, 2.75) is 45.8 Å². The number of thioether (sulfide) groups is 1. The number of carbonyl (C=O) groups is 1. The highest BCUT2D eigenvalue weighted by Gasteiger charge is 2.52. The molecule has 1 aromatic carbocycles. The number of phenolic OH excluding ortho intramolecular Hbond substituents is 1. The van der Waals surface area contributed by atoms with Crippen LogP contribution in [-0.4, -0.2) is 34.3 Å². The fraction of sp³-hybridized carbons (Fsp3) is 0.471. The molecule has 0 aromatic heterocycles. The van der Waals surface area contributed by atoms with Gasteiger partial charge < -0.3 is 14.4 Å². The summed E-state index contributed by atoms with van der Waals surface area (Å²) in [5.41, 5.74) is 0.747. The van der Waals surface area contributed by atoms with Crippen molar-refractivity contribution in [1.82, 2.24) is 0 Å². The van der Waals surface area contributed by atoms with Gasteiger partial charge in [-0.15, -0.1) is 0 Å². The molecule has 1 heterocycles. The molecule has 0 atom stereocenters. The highest BCUT2D eigenvalue weighted by atomic mass is 35.5. The standard InChI is InChI=1S/C17H22BClO4S/c1-11(20)24-10-13(8-12-6-7-15(21)14(19)9-12)18-22-16(2,3)17(4,5)23-18/h6-9,21H,10H2,1-5H3. The van der Waals surface area contributed by atoms with Gasteiger partial charge in [-0.3, -0.25) is 4.79 Å². The number of phenols is 1. The summed E-state index contributed by atoms with van der Waals surface area (Å²) in [5, 5.41) is 9.86. The lowest BCUT2D eigenvalue weighted by molar-refractivity contribution is -0.109. The molecule has 0 unspecified atom stereocenters. The summed E-state index contributed by atoms with van der Waals surface area (Å²) >= 11 is 7.18. The van der Waals surface area contributed by atoms with E-state index in [9.17, 15) is 9.90 Å². The molecule has 0 aliphatic carbocycles. The summed E-state index contributed by atoms with van der Waals surface area (Å²) in [5.74, 6) is 0.495. The predicted octanol–water partition coefficient (Wildman–Crippen LogP) is 4.34. The normalized spacial score (nSPS) is 19.6. The Bertz CT molecular complexity index is 657. The monoisotopic (exact) mass is 368 g/mol. The molecule has 24 heavy (non-hydrogen) atoms. The van der Waals surface area contributed by atoms with E-state index in [1.807, 2.05) is 33.8 Å². The molecule has 130 valence electrons. The SMILES string of the molecule is CC(=O)SCC(=Cc1ccc(O)c(Cl)c1)B1OC(C)(C)C(C)(C)O1. The van der Waals surface area contributed by atoms with Crippen LogP contribution in [0.4, 0.5) is 0 Å². The number of benzene rings is 1. The van der Waals surface area contributed by atoms with E-state index in [1.165, 1.54) is 24.8 Å². The minimum atomic E-state index is -0.533. The lowest BCUT2D eigenvalue weighted by atomic mass is 9.78. The Hall–Kier alpha value is -0.945. The second-order valence-electron chi connectivity index (χ2n) is 6.80. The Balaban J connectivity index is 2.33. The van der Waals surface area contributed by atoms with Gasteiger partial charge in [0.2, 0.25) is 0 Å². The van der Waals surface area contributed by atoms with E-state index in [-0.39, 0.29) is 15.9 Å². The predicted molar refractivity (Wildman–Crippen MR) is 100 cm³/mol. The second-order valence-corrected chi connectivity index (χ2v) is 8.36. The van der Waals surface area contributed by atoms with Crippen LogP contribution in [0.2, 0.25) is 5.02 Å². The Morgan fingerprint density at radius 2 is 1.88 bits per heavy atom. The van der Waals surface area contributed by atoms with Crippen molar-refractivity contribution in [3.63, 3.8) is 0 Å². The van der Waals surface area contributed by atoms with E-state index >= 15 is 0 Å². The molecule has 1 saturated heterocycles. The molecule has 1 aromatic rings. The molecule has 1 aliphatic heterocycles. The van der Waals surface area contributed by atoms with Crippen molar-refractivity contribution in [2.24, 2.45) is 0 Å². The van der Waals surface area contributed by atoms with Crippen molar-refractivity contribution < 1.29 is 19.2 Å². The Labute approximate surface area is 152 Å². The summed E-state index contributed by atoms with van der Waals surface area (Å²) in [6.07, 6.45) is 1.89. The smallest absolute Gasteiger partial charge is 0.491 e. The van der Waals surface area contributed by atoms with Crippen LogP contribution in [0.1, 0.15) is 40.2 Å². The maximum Gasteiger partial charge on any atom is 0.491 e. The van der Waals surface area contributed by atoms with E-state index in [0.717, 1.165) is 11.0 Å². The number of halogens is 1. The van der Waals surface area contributed by atoms with Crippen LogP contribution in [0.5, 0.6) is 5.75 Å². The molecular formula is C17H22BClO4S. The van der Waals surface area contributed by atoms with E-state index in [2.05, 4.69) is 0 Å². The first-order valence-corrected chi connectivity index (χ1v) is 9.06. The minimum Gasteiger partial charge on any atom is -0.506 e. The quantitative estimate of drug-likeness (QED) is 0.801. The average molecular weight is 369 g/mol. The van der Waals surface area contributed by atoms with E-state index in [0.29, 0.717) is 5.75 Å². The molecule has 0 saturated carbocycles. The van der Waals surface area contributed by atoms with Crippen molar-refractivity contribution in [3.8, 4) is 5.75 Å². The van der Waals surface area contributed by atoms with E-state index < -0.39 is 18.3 Å². The zero-order valence-electron chi connectivity index (χ0n) is 14.6. The number of carbonyl (C=O) groups excluding carboxylic acids is 1. The van der Waals surface area contributed by atoms with Gasteiger partial charge in [0.1, 0.15) is 5.75 Å². The van der Waals surface area contributed by atoms with E-state index in [1.54, 1.807) is 12.1 Å². The Morgan fingerprint density at radius 1 is 1.29 bits per heavy atom. The van der Waals surface area contributed by atoms with Gasteiger partial charge in [0.05, 0.1) is 16.2 Å².